The van der Waals surface area contributed by atoms with Gasteiger partial charge in [-0.05, 0) is 6.92 Å². The van der Waals surface area contributed by atoms with E-state index in [1.54, 1.807) is 6.92 Å². The predicted molar refractivity (Wildman–Crippen MR) is 55.5 cm³/mol. The molecule has 1 amide bonds. The highest BCUT2D eigenvalue weighted by atomic mass is 16.3. The molecule has 0 radical (unpaired) electrons. The minimum atomic E-state index is -0.612. The number of aromatic nitrogens is 1. The van der Waals surface area contributed by atoms with Crippen molar-refractivity contribution in [3.63, 3.8) is 0 Å². The molecule has 0 aromatic carbocycles. The minimum Gasteiger partial charge on any atom is -0.506 e. The number of rotatable bonds is 4. The van der Waals surface area contributed by atoms with E-state index in [0.29, 0.717) is 16.8 Å². The molecule has 1 heterocycles. The van der Waals surface area contributed by atoms with Gasteiger partial charge in [-0.3, -0.25) is 9.78 Å². The third kappa shape index (κ3) is 2.68. The average molecular weight is 226 g/mol. The van der Waals surface area contributed by atoms with Crippen molar-refractivity contribution in [3.8, 4) is 5.75 Å². The zero-order valence-electron chi connectivity index (χ0n) is 8.90. The highest BCUT2D eigenvalue weighted by Gasteiger charge is 2.11. The maximum Gasteiger partial charge on any atom is 0.245 e. The number of aryl methyl sites for hydroxylation is 1. The lowest BCUT2D eigenvalue weighted by molar-refractivity contribution is -0.123. The zero-order chi connectivity index (χ0) is 12.1. The van der Waals surface area contributed by atoms with Gasteiger partial charge in [-0.25, -0.2) is 0 Å². The van der Waals surface area contributed by atoms with E-state index in [9.17, 15) is 9.90 Å². The molecule has 4 N–H and O–H groups in total. The van der Waals surface area contributed by atoms with Crippen molar-refractivity contribution < 1.29 is 20.1 Å². The van der Waals surface area contributed by atoms with Crippen molar-refractivity contribution >= 4 is 5.91 Å². The molecule has 88 valence electrons. The van der Waals surface area contributed by atoms with Crippen LogP contribution in [0.25, 0.3) is 0 Å². The number of aliphatic hydroxyl groups excluding tert-OH is 2. The van der Waals surface area contributed by atoms with Crippen LogP contribution in [-0.4, -0.2) is 32.8 Å². The number of nitrogens with one attached hydrogen (secondary N) is 1. The minimum absolute atomic E-state index is 0.0461. The largest absolute Gasteiger partial charge is 0.506 e. The molecule has 6 heteroatoms. The Balaban J connectivity index is 2.92. The number of hydrogen-bond acceptors (Lipinski definition) is 5. The number of amides is 1. The van der Waals surface area contributed by atoms with Crippen LogP contribution in [-0.2, 0) is 17.9 Å². The first kappa shape index (κ1) is 12.4. The lowest BCUT2D eigenvalue weighted by atomic mass is 10.1. The van der Waals surface area contributed by atoms with Crippen molar-refractivity contribution in [3.05, 3.63) is 23.0 Å². The Kier molecular flexibility index (Phi) is 4.21. The molecule has 0 bridgehead atoms. The predicted octanol–water partition coefficient (Wildman–Crippen LogP) is -0.804. The number of carbonyl (C=O) groups is 1. The Labute approximate surface area is 92.6 Å². The van der Waals surface area contributed by atoms with Gasteiger partial charge in [0.1, 0.15) is 12.4 Å². The molecule has 0 atom stereocenters. The van der Waals surface area contributed by atoms with Gasteiger partial charge in [0.25, 0.3) is 0 Å². The van der Waals surface area contributed by atoms with E-state index in [2.05, 4.69) is 10.3 Å². The van der Waals surface area contributed by atoms with Crippen LogP contribution < -0.4 is 5.32 Å². The second kappa shape index (κ2) is 5.43. The highest BCUT2D eigenvalue weighted by Crippen LogP contribution is 2.23. The maximum atomic E-state index is 10.9. The fraction of sp³-hybridized carbons (Fsp3) is 0.400. The number of aliphatic hydroxyl groups is 2. The molecule has 6 nitrogen and oxygen atoms in total. The number of nitrogens with zero attached hydrogens (tertiary/aromatic N) is 1. The van der Waals surface area contributed by atoms with E-state index in [1.165, 1.54) is 6.20 Å². The first-order valence-electron chi connectivity index (χ1n) is 4.74. The Morgan fingerprint density at radius 1 is 1.50 bits per heavy atom. The highest BCUT2D eigenvalue weighted by molar-refractivity contribution is 5.76. The van der Waals surface area contributed by atoms with Crippen LogP contribution in [0.2, 0.25) is 0 Å². The number of pyridine rings is 1. The fourth-order valence-electron chi connectivity index (χ4n) is 1.26. The molecule has 0 fully saturated rings. The van der Waals surface area contributed by atoms with Crippen LogP contribution in [0.5, 0.6) is 5.75 Å². The zero-order valence-corrected chi connectivity index (χ0v) is 8.90. The number of aromatic hydroxyl groups is 1. The second-order valence-corrected chi connectivity index (χ2v) is 3.29. The van der Waals surface area contributed by atoms with Gasteiger partial charge in [-0.15, -0.1) is 0 Å². The number of carbonyl (C=O) groups excluding carboxylic acids is 1. The van der Waals surface area contributed by atoms with Crippen molar-refractivity contribution in [1.82, 2.24) is 10.3 Å². The van der Waals surface area contributed by atoms with Crippen LogP contribution in [0.1, 0.15) is 16.8 Å². The van der Waals surface area contributed by atoms with E-state index < -0.39 is 12.5 Å². The lowest BCUT2D eigenvalue weighted by Crippen LogP contribution is -2.26. The maximum absolute atomic E-state index is 10.9. The van der Waals surface area contributed by atoms with Gasteiger partial charge >= 0.3 is 0 Å². The van der Waals surface area contributed by atoms with Crippen LogP contribution in [0.3, 0.4) is 0 Å². The van der Waals surface area contributed by atoms with Crippen molar-refractivity contribution in [2.45, 2.75) is 20.1 Å². The van der Waals surface area contributed by atoms with E-state index in [-0.39, 0.29) is 18.9 Å². The molecule has 0 aliphatic rings. The van der Waals surface area contributed by atoms with Gasteiger partial charge in [0.2, 0.25) is 5.91 Å². The SMILES string of the molecule is Cc1ncc(CO)c(CNC(=O)CO)c1O. The van der Waals surface area contributed by atoms with Crippen LogP contribution in [0.15, 0.2) is 6.20 Å². The third-order valence-electron chi connectivity index (χ3n) is 2.21. The average Bonchev–Trinajstić information content (AvgIpc) is 2.30. The summed E-state index contributed by atoms with van der Waals surface area (Å²) < 4.78 is 0. The Morgan fingerprint density at radius 2 is 2.19 bits per heavy atom. The van der Waals surface area contributed by atoms with Crippen LogP contribution in [0.4, 0.5) is 0 Å². The van der Waals surface area contributed by atoms with E-state index in [1.807, 2.05) is 0 Å². The molecule has 0 spiro atoms. The Morgan fingerprint density at radius 3 is 2.75 bits per heavy atom. The molecule has 0 saturated heterocycles. The van der Waals surface area contributed by atoms with Gasteiger partial charge < -0.3 is 20.6 Å². The summed E-state index contributed by atoms with van der Waals surface area (Å²) in [4.78, 5) is 14.7. The van der Waals surface area contributed by atoms with Gasteiger partial charge in [-0.1, -0.05) is 0 Å². The molecule has 1 aromatic rings. The summed E-state index contributed by atoms with van der Waals surface area (Å²) in [6.45, 7) is 0.781. The van der Waals surface area contributed by atoms with E-state index in [4.69, 9.17) is 10.2 Å². The standard InChI is InChI=1S/C10H14N2O4/c1-6-10(16)8(3-12-9(15)5-14)7(4-13)2-11-6/h2,13-14,16H,3-5H2,1H3,(H,12,15). The van der Waals surface area contributed by atoms with Crippen molar-refractivity contribution in [2.75, 3.05) is 6.61 Å². The summed E-state index contributed by atoms with van der Waals surface area (Å²) in [5, 5.41) is 29.7. The quantitative estimate of drug-likeness (QED) is 0.538. The molecule has 0 unspecified atom stereocenters. The van der Waals surface area contributed by atoms with Crippen molar-refractivity contribution in [2.24, 2.45) is 0 Å². The second-order valence-electron chi connectivity index (χ2n) is 3.29. The molecule has 0 saturated carbocycles. The fourth-order valence-corrected chi connectivity index (χ4v) is 1.26. The summed E-state index contributed by atoms with van der Waals surface area (Å²) in [6, 6.07) is 0. The molecule has 0 aliphatic heterocycles. The van der Waals surface area contributed by atoms with Crippen molar-refractivity contribution in [1.29, 1.82) is 0 Å². The molecule has 1 rings (SSSR count). The first-order chi connectivity index (χ1) is 7.60. The summed E-state index contributed by atoms with van der Waals surface area (Å²) in [6.07, 6.45) is 1.44. The van der Waals surface area contributed by atoms with Crippen LogP contribution in [0, 0.1) is 6.92 Å². The smallest absolute Gasteiger partial charge is 0.245 e. The van der Waals surface area contributed by atoms with Gasteiger partial charge in [0.05, 0.1) is 12.3 Å². The third-order valence-corrected chi connectivity index (χ3v) is 2.21. The normalized spacial score (nSPS) is 10.2. The van der Waals surface area contributed by atoms with Gasteiger partial charge in [-0.2, -0.15) is 0 Å². The molecular weight excluding hydrogens is 212 g/mol. The molecule has 16 heavy (non-hydrogen) atoms. The Bertz CT molecular complexity index is 393. The molecule has 0 aliphatic carbocycles. The topological polar surface area (TPSA) is 103 Å². The molecule has 1 aromatic heterocycles. The van der Waals surface area contributed by atoms with Crippen LogP contribution >= 0.6 is 0 Å². The summed E-state index contributed by atoms with van der Waals surface area (Å²) in [5.74, 6) is -0.595. The summed E-state index contributed by atoms with van der Waals surface area (Å²) >= 11 is 0. The van der Waals surface area contributed by atoms with E-state index >= 15 is 0 Å². The lowest BCUT2D eigenvalue weighted by Gasteiger charge is -2.11. The summed E-state index contributed by atoms with van der Waals surface area (Å²) in [7, 11) is 0. The number of hydrogen-bond donors (Lipinski definition) is 4. The van der Waals surface area contributed by atoms with E-state index in [0.717, 1.165) is 0 Å². The molecular formula is C10H14N2O4. The summed E-state index contributed by atoms with van der Waals surface area (Å²) in [5.41, 5.74) is 1.28. The monoisotopic (exact) mass is 226 g/mol. The van der Waals surface area contributed by atoms with Gasteiger partial charge in [0.15, 0.2) is 0 Å². The van der Waals surface area contributed by atoms with Gasteiger partial charge in [0, 0.05) is 23.9 Å². The first-order valence-corrected chi connectivity index (χ1v) is 4.74. The Hall–Kier alpha value is -1.66.